The minimum atomic E-state index is -1.48. The van der Waals surface area contributed by atoms with Crippen molar-refractivity contribution in [2.75, 3.05) is 0 Å². The summed E-state index contributed by atoms with van der Waals surface area (Å²) in [4.78, 5) is 0. The normalized spacial score (nSPS) is 26.0. The summed E-state index contributed by atoms with van der Waals surface area (Å²) in [5.41, 5.74) is 0.0295. The molecule has 1 aliphatic heterocycles. The largest absolute Gasteiger partial charge is 0.414 e. The van der Waals surface area contributed by atoms with Crippen molar-refractivity contribution in [3.05, 3.63) is 25.3 Å². The van der Waals surface area contributed by atoms with E-state index in [1.807, 2.05) is 12.2 Å². The van der Waals surface area contributed by atoms with Crippen LogP contribution in [0.1, 0.15) is 19.3 Å². The van der Waals surface area contributed by atoms with Crippen molar-refractivity contribution in [3.8, 4) is 0 Å². The molecule has 0 amide bonds. The first-order valence-electron chi connectivity index (χ1n) is 6.21. The number of hydrogen-bond acceptors (Lipinski definition) is 1. The molecule has 1 nitrogen and oxygen atoms in total. The summed E-state index contributed by atoms with van der Waals surface area (Å²) in [7, 11) is -2.60. The van der Waals surface area contributed by atoms with Gasteiger partial charge >= 0.3 is 0 Å². The standard InChI is InChI=1S/C13H26OSi2/c1-7-9-13(10-8-2)11-12-15(3,4)16(5,6)14-13/h7-8H,1-2,9-12H2,3-6H3. The molecular weight excluding hydrogens is 228 g/mol. The third-order valence-corrected chi connectivity index (χ3v) is 20.9. The molecule has 0 aromatic heterocycles. The Morgan fingerprint density at radius 3 is 2.00 bits per heavy atom. The molecule has 1 rings (SSSR count). The van der Waals surface area contributed by atoms with E-state index in [4.69, 9.17) is 4.43 Å². The van der Waals surface area contributed by atoms with E-state index in [9.17, 15) is 0 Å². The Morgan fingerprint density at radius 2 is 1.62 bits per heavy atom. The SMILES string of the molecule is C=CCC1(CC=C)CC[Si](C)(C)[Si](C)(C)O1. The second-order valence-electron chi connectivity index (χ2n) is 6.16. The Hall–Kier alpha value is -0.126. The first kappa shape index (κ1) is 13.9. The predicted octanol–water partition coefficient (Wildman–Crippen LogP) is 4.29. The summed E-state index contributed by atoms with van der Waals surface area (Å²) in [5.74, 6) is 0. The van der Waals surface area contributed by atoms with E-state index in [1.165, 1.54) is 12.5 Å². The molecule has 1 heterocycles. The van der Waals surface area contributed by atoms with Crippen LogP contribution in [0.15, 0.2) is 25.3 Å². The maximum absolute atomic E-state index is 6.62. The fourth-order valence-corrected chi connectivity index (χ4v) is 9.44. The first-order valence-corrected chi connectivity index (χ1v) is 13.3. The van der Waals surface area contributed by atoms with Gasteiger partial charge < -0.3 is 4.43 Å². The number of rotatable bonds is 4. The predicted molar refractivity (Wildman–Crippen MR) is 77.8 cm³/mol. The molecule has 0 N–H and O–H groups in total. The van der Waals surface area contributed by atoms with Gasteiger partial charge in [0.2, 0.25) is 0 Å². The second kappa shape index (κ2) is 4.63. The maximum atomic E-state index is 6.62. The summed E-state index contributed by atoms with van der Waals surface area (Å²) in [6.07, 6.45) is 7.16. The van der Waals surface area contributed by atoms with E-state index >= 15 is 0 Å². The monoisotopic (exact) mass is 254 g/mol. The van der Waals surface area contributed by atoms with Crippen LogP contribution in [-0.2, 0) is 4.43 Å². The highest BCUT2D eigenvalue weighted by Crippen LogP contribution is 2.42. The Labute approximate surface area is 103 Å². The zero-order valence-electron chi connectivity index (χ0n) is 11.3. The van der Waals surface area contributed by atoms with Gasteiger partial charge in [0.1, 0.15) is 0 Å². The summed E-state index contributed by atoms with van der Waals surface area (Å²) in [5, 5.41) is 0. The topological polar surface area (TPSA) is 9.23 Å². The Balaban J connectivity index is 2.92. The average Bonchev–Trinajstić information content (AvgIpc) is 2.13. The number of hydrogen-bond donors (Lipinski definition) is 0. The van der Waals surface area contributed by atoms with Crippen LogP contribution in [0.2, 0.25) is 32.2 Å². The smallest absolute Gasteiger partial charge is 0.174 e. The summed E-state index contributed by atoms with van der Waals surface area (Å²) >= 11 is 0. The first-order chi connectivity index (χ1) is 7.29. The lowest BCUT2D eigenvalue weighted by molar-refractivity contribution is 0.0591. The van der Waals surface area contributed by atoms with Crippen molar-refractivity contribution in [2.45, 2.75) is 57.1 Å². The molecule has 3 heteroatoms. The van der Waals surface area contributed by atoms with Crippen molar-refractivity contribution >= 4 is 15.4 Å². The van der Waals surface area contributed by atoms with Gasteiger partial charge in [0.05, 0.1) is 13.2 Å². The molecule has 1 aliphatic rings. The molecule has 0 atom stereocenters. The van der Waals surface area contributed by atoms with Gasteiger partial charge in [0, 0.05) is 0 Å². The third-order valence-electron chi connectivity index (χ3n) is 4.34. The van der Waals surface area contributed by atoms with Crippen molar-refractivity contribution in [2.24, 2.45) is 0 Å². The molecular formula is C13H26OSi2. The maximum Gasteiger partial charge on any atom is 0.174 e. The molecule has 0 aliphatic carbocycles. The minimum Gasteiger partial charge on any atom is -0.414 e. The van der Waals surface area contributed by atoms with Gasteiger partial charge in [0.15, 0.2) is 7.83 Å². The zero-order valence-corrected chi connectivity index (χ0v) is 13.3. The third kappa shape index (κ3) is 2.58. The van der Waals surface area contributed by atoms with Gasteiger partial charge in [-0.05, 0) is 32.4 Å². The zero-order chi connectivity index (χ0) is 12.4. The van der Waals surface area contributed by atoms with Crippen molar-refractivity contribution in [3.63, 3.8) is 0 Å². The van der Waals surface area contributed by atoms with Gasteiger partial charge in [-0.1, -0.05) is 31.3 Å². The second-order valence-corrected chi connectivity index (χ2v) is 21.3. The van der Waals surface area contributed by atoms with E-state index in [1.54, 1.807) is 0 Å². The molecule has 16 heavy (non-hydrogen) atoms. The Morgan fingerprint density at radius 1 is 1.12 bits per heavy atom. The van der Waals surface area contributed by atoms with Crippen LogP contribution in [0.3, 0.4) is 0 Å². The molecule has 1 fully saturated rings. The highest BCUT2D eigenvalue weighted by Gasteiger charge is 2.52. The van der Waals surface area contributed by atoms with Gasteiger partial charge in [-0.25, -0.2) is 0 Å². The molecule has 0 bridgehead atoms. The van der Waals surface area contributed by atoms with Crippen LogP contribution < -0.4 is 0 Å². The van der Waals surface area contributed by atoms with Crippen molar-refractivity contribution in [1.29, 1.82) is 0 Å². The lowest BCUT2D eigenvalue weighted by Crippen LogP contribution is -2.65. The van der Waals surface area contributed by atoms with E-state index in [2.05, 4.69) is 39.3 Å². The van der Waals surface area contributed by atoms with Crippen molar-refractivity contribution in [1.82, 2.24) is 0 Å². The molecule has 0 unspecified atom stereocenters. The van der Waals surface area contributed by atoms with Gasteiger partial charge in [-0.3, -0.25) is 0 Å². The van der Waals surface area contributed by atoms with Crippen molar-refractivity contribution < 1.29 is 4.43 Å². The van der Waals surface area contributed by atoms with E-state index in [0.29, 0.717) is 0 Å². The Bertz CT molecular complexity index is 272. The van der Waals surface area contributed by atoms with Gasteiger partial charge in [0.25, 0.3) is 0 Å². The average molecular weight is 255 g/mol. The van der Waals surface area contributed by atoms with Crippen LogP contribution in [0, 0.1) is 0 Å². The molecule has 0 aromatic rings. The minimum absolute atomic E-state index is 0.0295. The highest BCUT2D eigenvalue weighted by atomic mass is 29.3. The fraction of sp³-hybridized carbons (Fsp3) is 0.692. The van der Waals surface area contributed by atoms with E-state index in [0.717, 1.165) is 12.8 Å². The molecule has 0 radical (unpaired) electrons. The van der Waals surface area contributed by atoms with Crippen LogP contribution in [0.25, 0.3) is 0 Å². The highest BCUT2D eigenvalue weighted by molar-refractivity contribution is 7.38. The molecule has 0 saturated carbocycles. The van der Waals surface area contributed by atoms with Crippen LogP contribution >= 0.6 is 0 Å². The fourth-order valence-electron chi connectivity index (χ4n) is 2.47. The molecule has 0 spiro atoms. The quantitative estimate of drug-likeness (QED) is 0.537. The Kier molecular flexibility index (Phi) is 4.03. The van der Waals surface area contributed by atoms with Crippen LogP contribution in [-0.4, -0.2) is 21.0 Å². The van der Waals surface area contributed by atoms with E-state index < -0.39 is 15.4 Å². The van der Waals surface area contributed by atoms with Gasteiger partial charge in [-0.2, -0.15) is 0 Å². The summed E-state index contributed by atoms with van der Waals surface area (Å²) in [6, 6.07) is 1.40. The summed E-state index contributed by atoms with van der Waals surface area (Å²) in [6.45, 7) is 17.5. The van der Waals surface area contributed by atoms with Gasteiger partial charge in [-0.15, -0.1) is 13.2 Å². The summed E-state index contributed by atoms with van der Waals surface area (Å²) < 4.78 is 6.62. The molecule has 0 aromatic carbocycles. The van der Waals surface area contributed by atoms with Crippen LogP contribution in [0.4, 0.5) is 0 Å². The van der Waals surface area contributed by atoms with E-state index in [-0.39, 0.29) is 5.60 Å². The lowest BCUT2D eigenvalue weighted by atomic mass is 9.92. The molecule has 1 saturated heterocycles. The molecule has 92 valence electrons. The van der Waals surface area contributed by atoms with Crippen LogP contribution in [0.5, 0.6) is 0 Å². The lowest BCUT2D eigenvalue weighted by Gasteiger charge is -2.52.